The Bertz CT molecular complexity index is 262. The van der Waals surface area contributed by atoms with Gasteiger partial charge >= 0.3 is 5.97 Å². The predicted octanol–water partition coefficient (Wildman–Crippen LogP) is 0.278. The molecule has 5 nitrogen and oxygen atoms in total. The fraction of sp³-hybridized carbons (Fsp3) is 0.818. The molecule has 0 aromatic rings. The molecule has 0 bridgehead atoms. The molecular formula is C11H20N2O3. The number of nitrogens with zero attached hydrogens (tertiary/aromatic N) is 1. The van der Waals surface area contributed by atoms with Crippen LogP contribution >= 0.6 is 0 Å². The Morgan fingerprint density at radius 2 is 2.12 bits per heavy atom. The van der Waals surface area contributed by atoms with E-state index in [1.165, 1.54) is 0 Å². The lowest BCUT2D eigenvalue weighted by atomic mass is 10.2. The zero-order valence-electron chi connectivity index (χ0n) is 9.94. The standard InChI is InChI=1S/C11H20N2O3/c1-3-16-11(15)7-13(9-4-5-9)10(14)6-8(2)12/h8-9H,3-7,12H2,1-2H3. The third kappa shape index (κ3) is 4.18. The lowest BCUT2D eigenvalue weighted by Gasteiger charge is -2.22. The van der Waals surface area contributed by atoms with Crippen molar-refractivity contribution >= 4 is 11.9 Å². The van der Waals surface area contributed by atoms with Crippen LogP contribution in [0.15, 0.2) is 0 Å². The monoisotopic (exact) mass is 228 g/mol. The van der Waals surface area contributed by atoms with E-state index in [1.807, 2.05) is 0 Å². The summed E-state index contributed by atoms with van der Waals surface area (Å²) >= 11 is 0. The SMILES string of the molecule is CCOC(=O)CN(C(=O)CC(C)N)C1CC1. The molecular weight excluding hydrogens is 208 g/mol. The molecule has 0 aliphatic heterocycles. The van der Waals surface area contributed by atoms with Gasteiger partial charge in [0.05, 0.1) is 6.61 Å². The van der Waals surface area contributed by atoms with E-state index < -0.39 is 0 Å². The Labute approximate surface area is 95.9 Å². The zero-order valence-corrected chi connectivity index (χ0v) is 9.94. The highest BCUT2D eigenvalue weighted by Gasteiger charge is 2.34. The summed E-state index contributed by atoms with van der Waals surface area (Å²) in [4.78, 5) is 24.7. The third-order valence-corrected chi connectivity index (χ3v) is 2.41. The van der Waals surface area contributed by atoms with Crippen LogP contribution in [0.5, 0.6) is 0 Å². The van der Waals surface area contributed by atoms with E-state index in [4.69, 9.17) is 10.5 Å². The summed E-state index contributed by atoms with van der Waals surface area (Å²) in [6.07, 6.45) is 2.24. The number of ether oxygens (including phenoxy) is 1. The van der Waals surface area contributed by atoms with E-state index in [9.17, 15) is 9.59 Å². The quantitative estimate of drug-likeness (QED) is 0.663. The lowest BCUT2D eigenvalue weighted by Crippen LogP contribution is -2.40. The van der Waals surface area contributed by atoms with Gasteiger partial charge in [0.1, 0.15) is 6.54 Å². The molecule has 0 radical (unpaired) electrons. The van der Waals surface area contributed by atoms with Gasteiger partial charge in [0.15, 0.2) is 0 Å². The molecule has 1 aliphatic carbocycles. The third-order valence-electron chi connectivity index (χ3n) is 2.41. The van der Waals surface area contributed by atoms with Crippen LogP contribution in [0.25, 0.3) is 0 Å². The first kappa shape index (κ1) is 13.0. The van der Waals surface area contributed by atoms with Crippen molar-refractivity contribution < 1.29 is 14.3 Å². The average Bonchev–Trinajstić information content (AvgIpc) is 2.96. The first-order chi connectivity index (χ1) is 7.54. The lowest BCUT2D eigenvalue weighted by molar-refractivity contribution is -0.149. The van der Waals surface area contributed by atoms with E-state index in [0.29, 0.717) is 6.61 Å². The molecule has 0 saturated heterocycles. The second kappa shape index (κ2) is 5.84. The van der Waals surface area contributed by atoms with Gasteiger partial charge in [-0.1, -0.05) is 0 Å². The van der Waals surface area contributed by atoms with Gasteiger partial charge in [0.25, 0.3) is 0 Å². The normalized spacial score (nSPS) is 16.7. The van der Waals surface area contributed by atoms with Crippen LogP contribution in [0.1, 0.15) is 33.1 Å². The summed E-state index contributed by atoms with van der Waals surface area (Å²) in [5.74, 6) is -0.391. The van der Waals surface area contributed by atoms with Crippen LogP contribution < -0.4 is 5.73 Å². The number of esters is 1. The van der Waals surface area contributed by atoms with Crippen molar-refractivity contribution in [3.8, 4) is 0 Å². The number of amides is 1. The van der Waals surface area contributed by atoms with Gasteiger partial charge < -0.3 is 15.4 Å². The maximum Gasteiger partial charge on any atom is 0.325 e. The minimum atomic E-state index is -0.340. The zero-order chi connectivity index (χ0) is 12.1. The van der Waals surface area contributed by atoms with Crippen LogP contribution in [-0.4, -0.2) is 42.0 Å². The van der Waals surface area contributed by atoms with Crippen molar-refractivity contribution in [3.05, 3.63) is 0 Å². The van der Waals surface area contributed by atoms with Gasteiger partial charge in [-0.3, -0.25) is 9.59 Å². The molecule has 1 saturated carbocycles. The molecule has 92 valence electrons. The van der Waals surface area contributed by atoms with Gasteiger partial charge in [-0.2, -0.15) is 0 Å². The second-order valence-electron chi connectivity index (χ2n) is 4.24. The first-order valence-electron chi connectivity index (χ1n) is 5.75. The summed E-state index contributed by atoms with van der Waals surface area (Å²) in [6, 6.07) is 0.0478. The molecule has 0 heterocycles. The van der Waals surface area contributed by atoms with Crippen LogP contribution in [0.4, 0.5) is 0 Å². The fourth-order valence-electron chi connectivity index (χ4n) is 1.55. The molecule has 0 spiro atoms. The molecule has 0 aromatic carbocycles. The van der Waals surface area contributed by atoms with Crippen molar-refractivity contribution in [1.82, 2.24) is 4.90 Å². The Balaban J connectivity index is 2.47. The van der Waals surface area contributed by atoms with Crippen molar-refractivity contribution in [3.63, 3.8) is 0 Å². The van der Waals surface area contributed by atoms with Crippen LogP contribution in [0.3, 0.4) is 0 Å². The highest BCUT2D eigenvalue weighted by molar-refractivity contribution is 5.83. The predicted molar refractivity (Wildman–Crippen MR) is 59.6 cm³/mol. The summed E-state index contributed by atoms with van der Waals surface area (Å²) in [6.45, 7) is 3.94. The maximum absolute atomic E-state index is 11.8. The molecule has 1 aliphatic rings. The number of hydrogen-bond acceptors (Lipinski definition) is 4. The Hall–Kier alpha value is -1.10. The average molecular weight is 228 g/mol. The first-order valence-corrected chi connectivity index (χ1v) is 5.75. The molecule has 16 heavy (non-hydrogen) atoms. The Morgan fingerprint density at radius 3 is 2.56 bits per heavy atom. The molecule has 1 rings (SSSR count). The molecule has 1 atom stereocenters. The summed E-state index contributed by atoms with van der Waals surface area (Å²) < 4.78 is 4.84. The maximum atomic E-state index is 11.8. The van der Waals surface area contributed by atoms with Gasteiger partial charge in [-0.05, 0) is 26.7 Å². The minimum absolute atomic E-state index is 0.0504. The van der Waals surface area contributed by atoms with Crippen molar-refractivity contribution in [2.24, 2.45) is 5.73 Å². The molecule has 0 aromatic heterocycles. The molecule has 5 heteroatoms. The van der Waals surface area contributed by atoms with E-state index >= 15 is 0 Å². The number of rotatable bonds is 6. The minimum Gasteiger partial charge on any atom is -0.465 e. The van der Waals surface area contributed by atoms with Gasteiger partial charge in [0, 0.05) is 18.5 Å². The van der Waals surface area contributed by atoms with Crippen LogP contribution in [-0.2, 0) is 14.3 Å². The summed E-state index contributed by atoms with van der Waals surface area (Å²) in [7, 11) is 0. The van der Waals surface area contributed by atoms with Gasteiger partial charge in [-0.25, -0.2) is 0 Å². The van der Waals surface area contributed by atoms with E-state index in [2.05, 4.69) is 0 Å². The highest BCUT2D eigenvalue weighted by Crippen LogP contribution is 2.27. The second-order valence-corrected chi connectivity index (χ2v) is 4.24. The molecule has 1 unspecified atom stereocenters. The molecule has 1 fully saturated rings. The molecule has 2 N–H and O–H groups in total. The summed E-state index contributed by atoms with van der Waals surface area (Å²) in [5.41, 5.74) is 5.58. The smallest absolute Gasteiger partial charge is 0.325 e. The van der Waals surface area contributed by atoms with Crippen molar-refractivity contribution in [1.29, 1.82) is 0 Å². The molecule has 1 amide bonds. The Morgan fingerprint density at radius 1 is 1.50 bits per heavy atom. The van der Waals surface area contributed by atoms with E-state index in [-0.39, 0.29) is 36.9 Å². The largest absolute Gasteiger partial charge is 0.465 e. The van der Waals surface area contributed by atoms with Crippen molar-refractivity contribution in [2.75, 3.05) is 13.2 Å². The fourth-order valence-corrected chi connectivity index (χ4v) is 1.55. The number of carbonyl (C=O) groups is 2. The van der Waals surface area contributed by atoms with Crippen molar-refractivity contribution in [2.45, 2.75) is 45.2 Å². The number of nitrogens with two attached hydrogens (primary N) is 1. The van der Waals surface area contributed by atoms with Crippen LogP contribution in [0.2, 0.25) is 0 Å². The Kier molecular flexibility index (Phi) is 4.73. The number of hydrogen-bond donors (Lipinski definition) is 1. The van der Waals surface area contributed by atoms with Gasteiger partial charge in [-0.15, -0.1) is 0 Å². The summed E-state index contributed by atoms with van der Waals surface area (Å²) in [5, 5.41) is 0. The highest BCUT2D eigenvalue weighted by atomic mass is 16.5. The van der Waals surface area contributed by atoms with E-state index in [0.717, 1.165) is 12.8 Å². The van der Waals surface area contributed by atoms with Crippen LogP contribution in [0, 0.1) is 0 Å². The number of carbonyl (C=O) groups excluding carboxylic acids is 2. The van der Waals surface area contributed by atoms with E-state index in [1.54, 1.807) is 18.7 Å². The topological polar surface area (TPSA) is 72.6 Å². The van der Waals surface area contributed by atoms with Gasteiger partial charge in [0.2, 0.25) is 5.91 Å².